The summed E-state index contributed by atoms with van der Waals surface area (Å²) in [5, 5.41) is 12.1. The van der Waals surface area contributed by atoms with Crippen LogP contribution in [0.1, 0.15) is 35.4 Å². The molecule has 1 aliphatic rings. The van der Waals surface area contributed by atoms with E-state index >= 15 is 0 Å². The normalized spacial score (nSPS) is 21.1. The van der Waals surface area contributed by atoms with Gasteiger partial charge in [0.1, 0.15) is 12.0 Å². The quantitative estimate of drug-likeness (QED) is 0.832. The summed E-state index contributed by atoms with van der Waals surface area (Å²) in [5.41, 5.74) is 0.210. The van der Waals surface area contributed by atoms with Crippen molar-refractivity contribution in [3.05, 3.63) is 23.7 Å². The highest BCUT2D eigenvalue weighted by molar-refractivity contribution is 5.87. The summed E-state index contributed by atoms with van der Waals surface area (Å²) in [7, 11) is 2.15. The standard InChI is InChI=1S/C13H20N2O3/c1-15-5-3-2-4-11(15)7-14-8-12-6-10(9-18-12)13(16)17/h6,9,11,14H,2-5,7-8H2,1H3,(H,16,17). The van der Waals surface area contributed by atoms with Gasteiger partial charge in [-0.15, -0.1) is 0 Å². The number of likely N-dealkylation sites (N-methyl/N-ethyl adjacent to an activating group) is 1. The lowest BCUT2D eigenvalue weighted by molar-refractivity contribution is 0.0696. The summed E-state index contributed by atoms with van der Waals surface area (Å²) in [5.74, 6) is -0.275. The first-order chi connectivity index (χ1) is 8.66. The molecular weight excluding hydrogens is 232 g/mol. The fraction of sp³-hybridized carbons (Fsp3) is 0.615. The molecule has 2 heterocycles. The Kier molecular flexibility index (Phi) is 4.38. The monoisotopic (exact) mass is 252 g/mol. The Balaban J connectivity index is 1.75. The molecule has 100 valence electrons. The van der Waals surface area contributed by atoms with Crippen LogP contribution in [0, 0.1) is 0 Å². The molecule has 0 spiro atoms. The second-order valence-corrected chi connectivity index (χ2v) is 4.87. The van der Waals surface area contributed by atoms with Gasteiger partial charge in [0.05, 0.1) is 12.1 Å². The Morgan fingerprint density at radius 3 is 3.11 bits per heavy atom. The molecule has 1 atom stereocenters. The first-order valence-corrected chi connectivity index (χ1v) is 6.38. The molecule has 1 aromatic rings. The van der Waals surface area contributed by atoms with Gasteiger partial charge in [0.15, 0.2) is 0 Å². The first-order valence-electron chi connectivity index (χ1n) is 6.38. The van der Waals surface area contributed by atoms with Gasteiger partial charge < -0.3 is 19.7 Å². The molecule has 1 saturated heterocycles. The topological polar surface area (TPSA) is 65.7 Å². The molecule has 0 aliphatic carbocycles. The van der Waals surface area contributed by atoms with E-state index in [1.807, 2.05) is 0 Å². The number of piperidine rings is 1. The number of carboxylic acids is 1. The van der Waals surface area contributed by atoms with Gasteiger partial charge in [-0.05, 0) is 32.5 Å². The number of nitrogens with zero attached hydrogens (tertiary/aromatic N) is 1. The first kappa shape index (κ1) is 13.1. The second-order valence-electron chi connectivity index (χ2n) is 4.87. The SMILES string of the molecule is CN1CCCCC1CNCc1cc(C(=O)O)co1. The van der Waals surface area contributed by atoms with Gasteiger partial charge in [0, 0.05) is 12.6 Å². The highest BCUT2D eigenvalue weighted by Gasteiger charge is 2.18. The lowest BCUT2D eigenvalue weighted by Crippen LogP contribution is -2.42. The number of rotatable bonds is 5. The molecule has 0 amide bonds. The number of furan rings is 1. The zero-order valence-corrected chi connectivity index (χ0v) is 10.7. The van der Waals surface area contributed by atoms with E-state index in [-0.39, 0.29) is 5.56 Å². The van der Waals surface area contributed by atoms with Crippen LogP contribution in [0.25, 0.3) is 0 Å². The van der Waals surface area contributed by atoms with Crippen molar-refractivity contribution >= 4 is 5.97 Å². The van der Waals surface area contributed by atoms with Crippen molar-refractivity contribution in [2.24, 2.45) is 0 Å². The zero-order valence-electron chi connectivity index (χ0n) is 10.7. The minimum atomic E-state index is -0.947. The third-order valence-electron chi connectivity index (χ3n) is 3.50. The Labute approximate surface area is 107 Å². The van der Waals surface area contributed by atoms with E-state index in [2.05, 4.69) is 17.3 Å². The maximum Gasteiger partial charge on any atom is 0.338 e. The summed E-state index contributed by atoms with van der Waals surface area (Å²) in [6.07, 6.45) is 5.09. The van der Waals surface area contributed by atoms with Gasteiger partial charge in [-0.1, -0.05) is 6.42 Å². The number of hydrogen-bond acceptors (Lipinski definition) is 4. The Hall–Kier alpha value is -1.33. The van der Waals surface area contributed by atoms with Crippen molar-refractivity contribution in [2.75, 3.05) is 20.1 Å². The second kappa shape index (κ2) is 6.02. The van der Waals surface area contributed by atoms with Crippen molar-refractivity contribution in [1.82, 2.24) is 10.2 Å². The summed E-state index contributed by atoms with van der Waals surface area (Å²) in [6, 6.07) is 2.15. The van der Waals surface area contributed by atoms with Crippen molar-refractivity contribution in [1.29, 1.82) is 0 Å². The molecule has 5 nitrogen and oxygen atoms in total. The van der Waals surface area contributed by atoms with Gasteiger partial charge in [0.25, 0.3) is 0 Å². The minimum absolute atomic E-state index is 0.210. The fourth-order valence-electron chi connectivity index (χ4n) is 2.35. The van der Waals surface area contributed by atoms with E-state index in [1.165, 1.54) is 25.5 Å². The molecule has 0 bridgehead atoms. The van der Waals surface area contributed by atoms with E-state index in [0.717, 1.165) is 13.1 Å². The number of carboxylic acid groups (broad SMARTS) is 1. The smallest absolute Gasteiger partial charge is 0.338 e. The van der Waals surface area contributed by atoms with Crippen LogP contribution in [-0.2, 0) is 6.54 Å². The molecule has 0 saturated carbocycles. The number of carbonyl (C=O) groups is 1. The molecule has 1 aromatic heterocycles. The predicted octanol–water partition coefficient (Wildman–Crippen LogP) is 1.55. The zero-order chi connectivity index (χ0) is 13.0. The highest BCUT2D eigenvalue weighted by atomic mass is 16.4. The molecular formula is C13H20N2O3. The minimum Gasteiger partial charge on any atom is -0.478 e. The van der Waals surface area contributed by atoms with Crippen molar-refractivity contribution in [3.8, 4) is 0 Å². The number of nitrogens with one attached hydrogen (secondary N) is 1. The summed E-state index contributed by atoms with van der Waals surface area (Å²) in [4.78, 5) is 13.1. The average Bonchev–Trinajstić information content (AvgIpc) is 2.80. The Morgan fingerprint density at radius 1 is 1.61 bits per heavy atom. The van der Waals surface area contributed by atoms with Crippen LogP contribution < -0.4 is 5.32 Å². The van der Waals surface area contributed by atoms with Crippen molar-refractivity contribution < 1.29 is 14.3 Å². The average molecular weight is 252 g/mol. The largest absolute Gasteiger partial charge is 0.478 e. The van der Waals surface area contributed by atoms with Crippen LogP contribution in [-0.4, -0.2) is 42.2 Å². The third kappa shape index (κ3) is 3.34. The molecule has 0 aromatic carbocycles. The Bertz CT molecular complexity index is 403. The van der Waals surface area contributed by atoms with Crippen LogP contribution in [0.2, 0.25) is 0 Å². The molecule has 0 radical (unpaired) electrons. The maximum atomic E-state index is 10.7. The summed E-state index contributed by atoms with van der Waals surface area (Å²) >= 11 is 0. The number of hydrogen-bond donors (Lipinski definition) is 2. The van der Waals surface area contributed by atoms with Gasteiger partial charge in [-0.3, -0.25) is 0 Å². The lowest BCUT2D eigenvalue weighted by Gasteiger charge is -2.32. The molecule has 2 N–H and O–H groups in total. The van der Waals surface area contributed by atoms with Gasteiger partial charge in [-0.2, -0.15) is 0 Å². The van der Waals surface area contributed by atoms with Crippen LogP contribution in [0.5, 0.6) is 0 Å². The van der Waals surface area contributed by atoms with Crippen LogP contribution in [0.15, 0.2) is 16.7 Å². The van der Waals surface area contributed by atoms with Crippen molar-refractivity contribution in [2.45, 2.75) is 31.8 Å². The van der Waals surface area contributed by atoms with E-state index in [1.54, 1.807) is 6.07 Å². The summed E-state index contributed by atoms with van der Waals surface area (Å²) < 4.78 is 5.19. The fourth-order valence-corrected chi connectivity index (χ4v) is 2.35. The highest BCUT2D eigenvalue weighted by Crippen LogP contribution is 2.14. The van der Waals surface area contributed by atoms with Crippen LogP contribution >= 0.6 is 0 Å². The predicted molar refractivity (Wildman–Crippen MR) is 67.6 cm³/mol. The molecule has 1 fully saturated rings. The van der Waals surface area contributed by atoms with E-state index in [4.69, 9.17) is 9.52 Å². The van der Waals surface area contributed by atoms with E-state index in [0.29, 0.717) is 18.3 Å². The molecule has 1 unspecified atom stereocenters. The van der Waals surface area contributed by atoms with E-state index < -0.39 is 5.97 Å². The Morgan fingerprint density at radius 2 is 2.44 bits per heavy atom. The van der Waals surface area contributed by atoms with Gasteiger partial charge in [-0.25, -0.2) is 4.79 Å². The number of likely N-dealkylation sites (tertiary alicyclic amines) is 1. The van der Waals surface area contributed by atoms with Crippen LogP contribution in [0.4, 0.5) is 0 Å². The molecule has 5 heteroatoms. The van der Waals surface area contributed by atoms with Crippen LogP contribution in [0.3, 0.4) is 0 Å². The lowest BCUT2D eigenvalue weighted by atomic mass is 10.0. The van der Waals surface area contributed by atoms with Gasteiger partial charge in [0.2, 0.25) is 0 Å². The molecule has 1 aliphatic heterocycles. The van der Waals surface area contributed by atoms with Gasteiger partial charge >= 0.3 is 5.97 Å². The molecule has 2 rings (SSSR count). The summed E-state index contributed by atoms with van der Waals surface area (Å²) in [6.45, 7) is 2.66. The number of aromatic carboxylic acids is 1. The molecule has 18 heavy (non-hydrogen) atoms. The third-order valence-corrected chi connectivity index (χ3v) is 3.50. The van der Waals surface area contributed by atoms with E-state index in [9.17, 15) is 4.79 Å². The van der Waals surface area contributed by atoms with Crippen molar-refractivity contribution in [3.63, 3.8) is 0 Å². The maximum absolute atomic E-state index is 10.7.